The highest BCUT2D eigenvalue weighted by atomic mass is 16.5. The molecule has 1 aromatic heterocycles. The Kier molecular flexibility index (Phi) is 4.69. The van der Waals surface area contributed by atoms with Gasteiger partial charge in [-0.1, -0.05) is 0 Å². The summed E-state index contributed by atoms with van der Waals surface area (Å²) in [5, 5.41) is 3.10. The van der Waals surface area contributed by atoms with Crippen molar-refractivity contribution >= 4 is 17.8 Å². The fourth-order valence-corrected chi connectivity index (χ4v) is 2.20. The molecule has 0 saturated carbocycles. The Morgan fingerprint density at radius 2 is 2.33 bits per heavy atom. The number of hydrogen-bond donors (Lipinski definition) is 2. The zero-order valence-corrected chi connectivity index (χ0v) is 12.1. The Balaban J connectivity index is 2.26. The monoisotopic (exact) mass is 293 g/mol. The van der Waals surface area contributed by atoms with Crippen molar-refractivity contribution in [2.75, 3.05) is 31.1 Å². The highest BCUT2D eigenvalue weighted by Gasteiger charge is 2.29. The maximum atomic E-state index is 11.7. The summed E-state index contributed by atoms with van der Waals surface area (Å²) in [5.41, 5.74) is 6.24. The van der Waals surface area contributed by atoms with Crippen molar-refractivity contribution in [3.8, 4) is 0 Å². The van der Waals surface area contributed by atoms with E-state index in [1.54, 1.807) is 18.7 Å². The third kappa shape index (κ3) is 3.27. The predicted octanol–water partition coefficient (Wildman–Crippen LogP) is -0.775. The minimum Gasteiger partial charge on any atom is -0.462 e. The molecule has 0 bridgehead atoms. The van der Waals surface area contributed by atoms with Gasteiger partial charge in [0.25, 0.3) is 0 Å². The van der Waals surface area contributed by atoms with E-state index in [-0.39, 0.29) is 0 Å². The Morgan fingerprint density at radius 1 is 1.57 bits per heavy atom. The lowest BCUT2D eigenvalue weighted by atomic mass is 10.2. The summed E-state index contributed by atoms with van der Waals surface area (Å²) in [5.74, 6) is -0.489. The summed E-state index contributed by atoms with van der Waals surface area (Å²) in [6.45, 7) is 5.48. The average molecular weight is 293 g/mol. The third-order valence-corrected chi connectivity index (χ3v) is 3.29. The maximum absolute atomic E-state index is 11.7. The first kappa shape index (κ1) is 15.2. The standard InChI is InChI=1S/C13H19N5O3/c1-3-21-12(20)9-6-16-13(17-8(9)2)18-5-4-15-7-10(18)11(14)19/h6,10,15H,3-5,7H2,1-2H3,(H2,14,19). The Labute approximate surface area is 122 Å². The van der Waals surface area contributed by atoms with E-state index in [0.717, 1.165) is 0 Å². The van der Waals surface area contributed by atoms with E-state index in [1.165, 1.54) is 6.20 Å². The minimum absolute atomic E-state index is 0.293. The highest BCUT2D eigenvalue weighted by molar-refractivity contribution is 5.90. The van der Waals surface area contributed by atoms with Crippen molar-refractivity contribution in [1.29, 1.82) is 0 Å². The molecule has 1 atom stereocenters. The normalized spacial score (nSPS) is 18.4. The second-order valence-corrected chi connectivity index (χ2v) is 4.71. The molecule has 1 amide bonds. The van der Waals surface area contributed by atoms with Crippen LogP contribution in [0.2, 0.25) is 0 Å². The molecular formula is C13H19N5O3. The van der Waals surface area contributed by atoms with E-state index in [2.05, 4.69) is 15.3 Å². The van der Waals surface area contributed by atoms with Gasteiger partial charge < -0.3 is 20.7 Å². The number of nitrogens with zero attached hydrogens (tertiary/aromatic N) is 3. The Hall–Kier alpha value is -2.22. The van der Waals surface area contributed by atoms with Crippen LogP contribution in [0.25, 0.3) is 0 Å². The van der Waals surface area contributed by atoms with Crippen LogP contribution in [0.1, 0.15) is 23.0 Å². The van der Waals surface area contributed by atoms with Crippen LogP contribution in [0.5, 0.6) is 0 Å². The van der Waals surface area contributed by atoms with Crippen molar-refractivity contribution in [3.05, 3.63) is 17.5 Å². The lowest BCUT2D eigenvalue weighted by molar-refractivity contribution is -0.119. The zero-order valence-electron chi connectivity index (χ0n) is 12.1. The number of nitrogens with two attached hydrogens (primary N) is 1. The van der Waals surface area contributed by atoms with Crippen LogP contribution in [-0.2, 0) is 9.53 Å². The fourth-order valence-electron chi connectivity index (χ4n) is 2.20. The number of carbonyl (C=O) groups is 2. The van der Waals surface area contributed by atoms with Crippen molar-refractivity contribution in [3.63, 3.8) is 0 Å². The largest absolute Gasteiger partial charge is 0.462 e. The quantitative estimate of drug-likeness (QED) is 0.701. The smallest absolute Gasteiger partial charge is 0.341 e. The summed E-state index contributed by atoms with van der Waals surface area (Å²) < 4.78 is 4.94. The number of aromatic nitrogens is 2. The van der Waals surface area contributed by atoms with Gasteiger partial charge >= 0.3 is 5.97 Å². The molecule has 21 heavy (non-hydrogen) atoms. The molecule has 0 aliphatic carbocycles. The van der Waals surface area contributed by atoms with Crippen LogP contribution >= 0.6 is 0 Å². The van der Waals surface area contributed by atoms with Crippen LogP contribution in [0, 0.1) is 6.92 Å². The number of anilines is 1. The molecule has 1 unspecified atom stereocenters. The molecule has 0 spiro atoms. The van der Waals surface area contributed by atoms with Crippen LogP contribution in [0.15, 0.2) is 6.20 Å². The van der Waals surface area contributed by atoms with E-state index < -0.39 is 17.9 Å². The summed E-state index contributed by atoms with van der Waals surface area (Å²) >= 11 is 0. The van der Waals surface area contributed by atoms with Gasteiger partial charge in [-0.3, -0.25) is 4.79 Å². The van der Waals surface area contributed by atoms with Crippen molar-refractivity contribution in [2.24, 2.45) is 5.73 Å². The molecule has 1 aliphatic heterocycles. The highest BCUT2D eigenvalue weighted by Crippen LogP contribution is 2.16. The van der Waals surface area contributed by atoms with Gasteiger partial charge in [-0.2, -0.15) is 0 Å². The number of aryl methyl sites for hydroxylation is 1. The second-order valence-electron chi connectivity index (χ2n) is 4.71. The van der Waals surface area contributed by atoms with E-state index in [0.29, 0.717) is 43.4 Å². The maximum Gasteiger partial charge on any atom is 0.341 e. The second kappa shape index (κ2) is 6.49. The first-order valence-electron chi connectivity index (χ1n) is 6.82. The summed E-state index contributed by atoms with van der Waals surface area (Å²) in [4.78, 5) is 33.5. The number of primary amides is 1. The number of esters is 1. The van der Waals surface area contributed by atoms with Gasteiger partial charge in [0.2, 0.25) is 11.9 Å². The molecule has 114 valence electrons. The lowest BCUT2D eigenvalue weighted by Crippen LogP contribution is -2.57. The van der Waals surface area contributed by atoms with Gasteiger partial charge in [-0.15, -0.1) is 0 Å². The molecule has 2 rings (SSSR count). The molecule has 1 aliphatic rings. The van der Waals surface area contributed by atoms with Crippen molar-refractivity contribution in [2.45, 2.75) is 19.9 Å². The predicted molar refractivity (Wildman–Crippen MR) is 75.9 cm³/mol. The third-order valence-electron chi connectivity index (χ3n) is 3.29. The number of rotatable bonds is 4. The number of piperazine rings is 1. The Morgan fingerprint density at radius 3 is 2.95 bits per heavy atom. The van der Waals surface area contributed by atoms with E-state index >= 15 is 0 Å². The van der Waals surface area contributed by atoms with Crippen LogP contribution in [-0.4, -0.2) is 54.1 Å². The SMILES string of the molecule is CCOC(=O)c1cnc(N2CCNCC2C(N)=O)nc1C. The fraction of sp³-hybridized carbons (Fsp3) is 0.538. The molecule has 0 aromatic carbocycles. The van der Waals surface area contributed by atoms with E-state index in [9.17, 15) is 9.59 Å². The van der Waals surface area contributed by atoms with Gasteiger partial charge in [0.1, 0.15) is 6.04 Å². The number of nitrogens with one attached hydrogen (secondary N) is 1. The lowest BCUT2D eigenvalue weighted by Gasteiger charge is -2.34. The molecule has 0 radical (unpaired) electrons. The number of amides is 1. The number of ether oxygens (including phenoxy) is 1. The minimum atomic E-state index is -0.494. The van der Waals surface area contributed by atoms with Gasteiger partial charge in [0, 0.05) is 25.8 Å². The average Bonchev–Trinajstić information content (AvgIpc) is 2.47. The van der Waals surface area contributed by atoms with Crippen LogP contribution in [0.3, 0.4) is 0 Å². The molecule has 1 saturated heterocycles. The number of hydrogen-bond acceptors (Lipinski definition) is 7. The van der Waals surface area contributed by atoms with Crippen LogP contribution in [0.4, 0.5) is 5.95 Å². The summed E-state index contributed by atoms with van der Waals surface area (Å²) in [6, 6.07) is -0.494. The van der Waals surface area contributed by atoms with E-state index in [4.69, 9.17) is 10.5 Å². The summed E-state index contributed by atoms with van der Waals surface area (Å²) in [6.07, 6.45) is 1.43. The number of carbonyl (C=O) groups excluding carboxylic acids is 2. The van der Waals surface area contributed by atoms with Crippen molar-refractivity contribution in [1.82, 2.24) is 15.3 Å². The van der Waals surface area contributed by atoms with Crippen molar-refractivity contribution < 1.29 is 14.3 Å². The Bertz CT molecular complexity index is 549. The molecule has 1 aromatic rings. The van der Waals surface area contributed by atoms with Gasteiger partial charge in [-0.05, 0) is 13.8 Å². The zero-order chi connectivity index (χ0) is 15.4. The first-order valence-corrected chi connectivity index (χ1v) is 6.82. The molecule has 3 N–H and O–H groups in total. The van der Waals surface area contributed by atoms with Gasteiger partial charge in [0.05, 0.1) is 17.9 Å². The molecule has 1 fully saturated rings. The van der Waals surface area contributed by atoms with Gasteiger partial charge in [0.15, 0.2) is 0 Å². The van der Waals surface area contributed by atoms with Crippen LogP contribution < -0.4 is 16.0 Å². The van der Waals surface area contributed by atoms with Gasteiger partial charge in [-0.25, -0.2) is 14.8 Å². The molecule has 2 heterocycles. The first-order chi connectivity index (χ1) is 10.0. The summed E-state index contributed by atoms with van der Waals surface area (Å²) in [7, 11) is 0. The van der Waals surface area contributed by atoms with E-state index in [1.807, 2.05) is 0 Å². The molecular weight excluding hydrogens is 274 g/mol. The molecule has 8 nitrogen and oxygen atoms in total. The molecule has 8 heteroatoms. The topological polar surface area (TPSA) is 110 Å².